The largest absolute Gasteiger partial charge is 0.461 e. The summed E-state index contributed by atoms with van der Waals surface area (Å²) in [4.78, 5) is 48.0. The number of amides is 2. The predicted molar refractivity (Wildman–Crippen MR) is 144 cm³/mol. The predicted octanol–water partition coefficient (Wildman–Crippen LogP) is 0.925. The molecule has 10 nitrogen and oxygen atoms in total. The van der Waals surface area contributed by atoms with E-state index in [0.29, 0.717) is 44.8 Å². The average Bonchev–Trinajstić information content (AvgIpc) is 3.26. The summed E-state index contributed by atoms with van der Waals surface area (Å²) in [5, 5.41) is 10.6. The smallest absolute Gasteiger partial charge is 0.313 e. The summed E-state index contributed by atoms with van der Waals surface area (Å²) in [6.45, 7) is 6.09. The summed E-state index contributed by atoms with van der Waals surface area (Å²) in [5.41, 5.74) is -1.75. The monoisotopic (exact) mass is 551 g/mol. The van der Waals surface area contributed by atoms with Gasteiger partial charge in [-0.15, -0.1) is 0 Å². The van der Waals surface area contributed by atoms with E-state index >= 15 is 0 Å². The van der Waals surface area contributed by atoms with Crippen molar-refractivity contribution in [1.29, 1.82) is 0 Å². The maximum Gasteiger partial charge on any atom is 0.313 e. The summed E-state index contributed by atoms with van der Waals surface area (Å²) in [6, 6.07) is 7.37. The first-order valence-corrected chi connectivity index (χ1v) is 14.2. The van der Waals surface area contributed by atoms with Crippen LogP contribution in [-0.4, -0.2) is 114 Å². The number of carbonyl (C=O) groups excluding carboxylic acids is 3. The van der Waals surface area contributed by atoms with Crippen molar-refractivity contribution in [2.24, 2.45) is 11.8 Å². The number of cyclic esters (lactones) is 1. The van der Waals surface area contributed by atoms with Gasteiger partial charge in [0, 0.05) is 32.7 Å². The van der Waals surface area contributed by atoms with Crippen LogP contribution < -0.4 is 0 Å². The zero-order valence-electron chi connectivity index (χ0n) is 22.8. The maximum absolute atomic E-state index is 14.5. The molecular formula is C30H37N3O7. The van der Waals surface area contributed by atoms with Crippen LogP contribution in [0.25, 0.3) is 0 Å². The van der Waals surface area contributed by atoms with E-state index in [1.165, 1.54) is 4.90 Å². The SMILES string of the molecule is CC[C@]12C=CCOC(=O)[C@H]1[C@H]1C(=O)N([C@H](CO)c3ccccc3)C3C(=O)N(CCN4CCOCC4)CC=C[C@@]31O2. The number of hydrogen-bond donors (Lipinski definition) is 1. The molecule has 10 heteroatoms. The van der Waals surface area contributed by atoms with Crippen molar-refractivity contribution in [2.45, 2.75) is 36.6 Å². The Hall–Kier alpha value is -3.05. The normalized spacial score (nSPS) is 34.6. The first kappa shape index (κ1) is 27.1. The molecule has 1 spiro atoms. The summed E-state index contributed by atoms with van der Waals surface area (Å²) in [6.07, 6.45) is 7.76. The van der Waals surface area contributed by atoms with Gasteiger partial charge in [0.25, 0.3) is 0 Å². The summed E-state index contributed by atoms with van der Waals surface area (Å²) in [5.74, 6) is -3.01. The fourth-order valence-electron chi connectivity index (χ4n) is 7.24. The molecule has 0 aliphatic carbocycles. The summed E-state index contributed by atoms with van der Waals surface area (Å²) >= 11 is 0. The van der Waals surface area contributed by atoms with Gasteiger partial charge in [0.05, 0.1) is 31.8 Å². The second-order valence-electron chi connectivity index (χ2n) is 11.1. The van der Waals surface area contributed by atoms with Crippen LogP contribution in [0.3, 0.4) is 0 Å². The van der Waals surface area contributed by atoms with Gasteiger partial charge in [-0.05, 0) is 18.1 Å². The molecule has 1 unspecified atom stereocenters. The third-order valence-electron chi connectivity index (χ3n) is 9.20. The van der Waals surface area contributed by atoms with E-state index in [9.17, 15) is 19.5 Å². The van der Waals surface area contributed by atoms with Crippen LogP contribution in [-0.2, 0) is 28.6 Å². The number of carbonyl (C=O) groups is 3. The van der Waals surface area contributed by atoms with Gasteiger partial charge in [-0.2, -0.15) is 0 Å². The number of hydrogen-bond acceptors (Lipinski definition) is 8. The molecule has 3 saturated heterocycles. The van der Waals surface area contributed by atoms with Crippen LogP contribution in [0.2, 0.25) is 0 Å². The van der Waals surface area contributed by atoms with E-state index in [0.717, 1.165) is 13.1 Å². The van der Waals surface area contributed by atoms with E-state index in [4.69, 9.17) is 14.2 Å². The van der Waals surface area contributed by atoms with Crippen molar-refractivity contribution < 1.29 is 33.7 Å². The Morgan fingerprint density at radius 1 is 1.00 bits per heavy atom. The van der Waals surface area contributed by atoms with Crippen molar-refractivity contribution >= 4 is 17.8 Å². The lowest BCUT2D eigenvalue weighted by Gasteiger charge is -2.41. The minimum atomic E-state index is -1.38. The minimum Gasteiger partial charge on any atom is -0.461 e. The van der Waals surface area contributed by atoms with Gasteiger partial charge >= 0.3 is 5.97 Å². The molecule has 6 atom stereocenters. The van der Waals surface area contributed by atoms with E-state index < -0.39 is 41.1 Å². The van der Waals surface area contributed by atoms with Crippen molar-refractivity contribution in [1.82, 2.24) is 14.7 Å². The number of ether oxygens (including phenoxy) is 3. The molecule has 0 saturated carbocycles. The molecule has 3 fully saturated rings. The molecule has 40 heavy (non-hydrogen) atoms. The van der Waals surface area contributed by atoms with Crippen molar-refractivity contribution in [3.63, 3.8) is 0 Å². The Morgan fingerprint density at radius 2 is 1.77 bits per heavy atom. The Kier molecular flexibility index (Phi) is 7.28. The van der Waals surface area contributed by atoms with E-state index in [2.05, 4.69) is 4.90 Å². The molecule has 5 aliphatic rings. The van der Waals surface area contributed by atoms with Crippen LogP contribution in [0.1, 0.15) is 24.9 Å². The second-order valence-corrected chi connectivity index (χ2v) is 11.1. The quantitative estimate of drug-likeness (QED) is 0.394. The molecular weight excluding hydrogens is 514 g/mol. The highest BCUT2D eigenvalue weighted by Crippen LogP contribution is 2.59. The standard InChI is InChI=1S/C30H37N3O7/c1-2-29-10-7-17-39-28(37)24(29)23-26(35)33(22(20-34)21-8-4-3-5-9-21)25-27(36)32(12-6-11-30(23,25)40-29)14-13-31-15-18-38-19-16-31/h3-11,22-25,34H,2,12-20H2,1H3/t22-,23+,24-,25?,29+,30+/m1/s1. The number of likely N-dealkylation sites (tertiary alicyclic amines) is 1. The number of aliphatic hydroxyl groups excluding tert-OH is 1. The van der Waals surface area contributed by atoms with Gasteiger partial charge in [-0.3, -0.25) is 19.3 Å². The molecule has 1 N–H and O–H groups in total. The van der Waals surface area contributed by atoms with Gasteiger partial charge in [-0.1, -0.05) is 55.5 Å². The second kappa shape index (κ2) is 10.7. The van der Waals surface area contributed by atoms with E-state index in [1.54, 1.807) is 11.0 Å². The molecule has 5 aliphatic heterocycles. The average molecular weight is 552 g/mol. The first-order valence-electron chi connectivity index (χ1n) is 14.2. The number of benzene rings is 1. The number of morpholine rings is 1. The van der Waals surface area contributed by atoms with Crippen molar-refractivity contribution in [3.8, 4) is 0 Å². The molecule has 5 heterocycles. The highest BCUT2D eigenvalue weighted by Gasteiger charge is 2.76. The molecule has 0 bridgehead atoms. The fourth-order valence-corrected chi connectivity index (χ4v) is 7.24. The number of rotatable bonds is 7. The Labute approximate surface area is 234 Å². The molecule has 1 aromatic rings. The molecule has 214 valence electrons. The topological polar surface area (TPSA) is 109 Å². The Bertz CT molecular complexity index is 1200. The van der Waals surface area contributed by atoms with Crippen molar-refractivity contribution in [2.75, 3.05) is 59.2 Å². The number of nitrogens with zero attached hydrogens (tertiary/aromatic N) is 3. The van der Waals surface area contributed by atoms with Gasteiger partial charge in [-0.25, -0.2) is 0 Å². The Morgan fingerprint density at radius 3 is 2.50 bits per heavy atom. The minimum absolute atomic E-state index is 0.106. The highest BCUT2D eigenvalue weighted by atomic mass is 16.6. The van der Waals surface area contributed by atoms with Gasteiger partial charge < -0.3 is 29.1 Å². The third kappa shape index (κ3) is 4.20. The first-order chi connectivity index (χ1) is 19.5. The van der Waals surface area contributed by atoms with Crippen molar-refractivity contribution in [3.05, 3.63) is 60.2 Å². The molecule has 2 amide bonds. The van der Waals surface area contributed by atoms with E-state index in [-0.39, 0.29) is 25.0 Å². The van der Waals surface area contributed by atoms with Gasteiger partial charge in [0.1, 0.15) is 29.8 Å². The van der Waals surface area contributed by atoms with Crippen LogP contribution in [0, 0.1) is 11.8 Å². The summed E-state index contributed by atoms with van der Waals surface area (Å²) in [7, 11) is 0. The molecule has 6 rings (SSSR count). The number of fused-ring (bicyclic) bond motifs is 2. The lowest BCUT2D eigenvalue weighted by molar-refractivity contribution is -0.161. The lowest BCUT2D eigenvalue weighted by atomic mass is 9.73. The van der Waals surface area contributed by atoms with E-state index in [1.807, 2.05) is 55.5 Å². The van der Waals surface area contributed by atoms with Crippen LogP contribution in [0.4, 0.5) is 0 Å². The fraction of sp³-hybridized carbons (Fsp3) is 0.567. The number of esters is 1. The highest BCUT2D eigenvalue weighted by molar-refractivity contribution is 5.99. The van der Waals surface area contributed by atoms with Crippen LogP contribution >= 0.6 is 0 Å². The lowest BCUT2D eigenvalue weighted by Crippen LogP contribution is -2.57. The van der Waals surface area contributed by atoms with Crippen LogP contribution in [0.5, 0.6) is 0 Å². The zero-order valence-corrected chi connectivity index (χ0v) is 22.8. The van der Waals surface area contributed by atoms with Gasteiger partial charge in [0.2, 0.25) is 11.8 Å². The molecule has 1 aromatic carbocycles. The molecule has 0 aromatic heterocycles. The van der Waals surface area contributed by atoms with Gasteiger partial charge in [0.15, 0.2) is 0 Å². The zero-order chi connectivity index (χ0) is 27.9. The van der Waals surface area contributed by atoms with Crippen LogP contribution in [0.15, 0.2) is 54.6 Å². The third-order valence-corrected chi connectivity index (χ3v) is 9.20. The Balaban J connectivity index is 1.43. The maximum atomic E-state index is 14.5. The molecule has 0 radical (unpaired) electrons. The summed E-state index contributed by atoms with van der Waals surface area (Å²) < 4.78 is 17.9. The number of aliphatic hydroxyl groups is 1.